The number of carbonyl (C=O) groups excluding carboxylic acids is 1. The first-order valence-electron chi connectivity index (χ1n) is 5.82. The zero-order valence-corrected chi connectivity index (χ0v) is 11.2. The molecule has 1 aromatic rings. The maximum Gasteiger partial charge on any atom is 0.346 e. The molecule has 5 nitrogen and oxygen atoms in total. The first-order valence-corrected chi connectivity index (χ1v) is 6.23. The summed E-state index contributed by atoms with van der Waals surface area (Å²) in [5.41, 5.74) is 0.615. The average molecular weight is 289 g/mol. The number of Topliss-reactive ketones (excluding diaryl/α,β-unsaturated/α-hetero) is 1. The lowest BCUT2D eigenvalue weighted by Crippen LogP contribution is -2.22. The molecule has 1 unspecified atom stereocenters. The van der Waals surface area contributed by atoms with E-state index in [9.17, 15) is 9.59 Å². The quantitative estimate of drug-likeness (QED) is 0.831. The van der Waals surface area contributed by atoms with Gasteiger partial charge in [-0.2, -0.15) is 0 Å². The summed E-state index contributed by atoms with van der Waals surface area (Å²) >= 11 is 4.61. The van der Waals surface area contributed by atoms with Crippen molar-refractivity contribution in [3.05, 3.63) is 54.1 Å². The number of hydrogen-bond acceptors (Lipinski definition) is 5. The van der Waals surface area contributed by atoms with Crippen molar-refractivity contribution in [1.82, 2.24) is 4.98 Å². The van der Waals surface area contributed by atoms with Gasteiger partial charge in [-0.25, -0.2) is 4.79 Å². The van der Waals surface area contributed by atoms with Crippen LogP contribution in [0, 0.1) is 0 Å². The number of ether oxygens (including phenoxy) is 1. The fourth-order valence-electron chi connectivity index (χ4n) is 1.69. The van der Waals surface area contributed by atoms with Crippen LogP contribution >= 0.6 is 12.2 Å². The number of aromatic nitrogens is 1. The summed E-state index contributed by atoms with van der Waals surface area (Å²) in [6.45, 7) is -0.301. The van der Waals surface area contributed by atoms with Gasteiger partial charge in [-0.15, -0.1) is 0 Å². The second-order valence-electron chi connectivity index (χ2n) is 4.03. The van der Waals surface area contributed by atoms with Gasteiger partial charge in [0.1, 0.15) is 11.5 Å². The van der Waals surface area contributed by atoms with Gasteiger partial charge in [0.25, 0.3) is 0 Å². The maximum absolute atomic E-state index is 12.2. The van der Waals surface area contributed by atoms with E-state index in [1.807, 2.05) is 0 Å². The van der Waals surface area contributed by atoms with Crippen molar-refractivity contribution in [3.8, 4) is 0 Å². The Kier molecular flexibility index (Phi) is 4.37. The number of carboxylic acid groups (broad SMARTS) is 1. The van der Waals surface area contributed by atoms with Crippen LogP contribution in [0.3, 0.4) is 0 Å². The van der Waals surface area contributed by atoms with Crippen LogP contribution in [0.4, 0.5) is 0 Å². The van der Waals surface area contributed by atoms with Gasteiger partial charge >= 0.3 is 5.97 Å². The first kappa shape index (κ1) is 14.1. The summed E-state index contributed by atoms with van der Waals surface area (Å²) in [6.07, 6.45) is 6.49. The number of pyridine rings is 1. The second-order valence-corrected chi connectivity index (χ2v) is 4.52. The molecule has 0 fully saturated rings. The number of thiocarbonyl (C=S) groups is 1. The van der Waals surface area contributed by atoms with Gasteiger partial charge in [-0.3, -0.25) is 9.78 Å². The average Bonchev–Trinajstić information content (AvgIpc) is 2.46. The van der Waals surface area contributed by atoms with Crippen molar-refractivity contribution in [2.24, 2.45) is 0 Å². The van der Waals surface area contributed by atoms with Crippen LogP contribution in [-0.2, 0) is 14.3 Å². The van der Waals surface area contributed by atoms with Crippen LogP contribution < -0.4 is 0 Å². The van der Waals surface area contributed by atoms with Crippen LogP contribution in [0.25, 0.3) is 0 Å². The van der Waals surface area contributed by atoms with Crippen molar-refractivity contribution in [1.29, 1.82) is 0 Å². The standard InChI is InChI=1S/C14H11NO4S/c16-13-9(10-5-1-2-7-15-10)4-3-6-11(13)19-8-12(20)14(17)18/h1-7,9H,8H2,(H,17,18). The molecule has 0 amide bonds. The van der Waals surface area contributed by atoms with Crippen LogP contribution in [-0.4, -0.2) is 33.3 Å². The number of rotatable bonds is 5. The molecule has 1 atom stereocenters. The number of hydrogen-bond donors (Lipinski definition) is 1. The van der Waals surface area contributed by atoms with Gasteiger partial charge in [0.05, 0.1) is 11.6 Å². The number of nitrogens with zero attached hydrogens (tertiary/aromatic N) is 1. The summed E-state index contributed by atoms with van der Waals surface area (Å²) in [6, 6.07) is 5.30. The number of allylic oxidation sites excluding steroid dienone is 4. The summed E-state index contributed by atoms with van der Waals surface area (Å²) in [5.74, 6) is -1.92. The smallest absolute Gasteiger partial charge is 0.346 e. The predicted octanol–water partition coefficient (Wildman–Crippen LogP) is 1.66. The molecule has 0 bridgehead atoms. The van der Waals surface area contributed by atoms with E-state index in [-0.39, 0.29) is 23.0 Å². The highest BCUT2D eigenvalue weighted by molar-refractivity contribution is 7.82. The Morgan fingerprint density at radius 2 is 2.25 bits per heavy atom. The fourth-order valence-corrected chi connectivity index (χ4v) is 1.75. The van der Waals surface area contributed by atoms with Gasteiger partial charge in [-0.05, 0) is 18.2 Å². The molecule has 20 heavy (non-hydrogen) atoms. The summed E-state index contributed by atoms with van der Waals surface area (Å²) in [5, 5.41) is 8.66. The minimum Gasteiger partial charge on any atom is -0.484 e. The van der Waals surface area contributed by atoms with E-state index in [2.05, 4.69) is 17.2 Å². The molecule has 0 aliphatic heterocycles. The van der Waals surface area contributed by atoms with E-state index in [1.54, 1.807) is 36.5 Å². The SMILES string of the molecule is O=C(O)C(=S)COC1=CC=CC(c2ccccn2)C1=O. The van der Waals surface area contributed by atoms with Crippen LogP contribution in [0.15, 0.2) is 48.4 Å². The lowest BCUT2D eigenvalue weighted by molar-refractivity contribution is -0.129. The molecule has 6 heteroatoms. The molecule has 1 aliphatic rings. The summed E-state index contributed by atoms with van der Waals surface area (Å²) < 4.78 is 5.18. The molecule has 0 aromatic carbocycles. The third-order valence-electron chi connectivity index (χ3n) is 2.68. The van der Waals surface area contributed by atoms with Crippen LogP contribution in [0.5, 0.6) is 0 Å². The largest absolute Gasteiger partial charge is 0.484 e. The first-order chi connectivity index (χ1) is 9.59. The third-order valence-corrected chi connectivity index (χ3v) is 2.97. The van der Waals surface area contributed by atoms with Gasteiger partial charge in [0.15, 0.2) is 5.76 Å². The number of carboxylic acids is 1. The molecule has 102 valence electrons. The molecule has 0 radical (unpaired) electrons. The minimum atomic E-state index is -1.22. The highest BCUT2D eigenvalue weighted by atomic mass is 32.1. The summed E-state index contributed by atoms with van der Waals surface area (Å²) in [7, 11) is 0. The Labute approximate surface area is 120 Å². The predicted molar refractivity (Wildman–Crippen MR) is 75.4 cm³/mol. The Hall–Kier alpha value is -2.34. The van der Waals surface area contributed by atoms with Gasteiger partial charge in [0, 0.05) is 6.20 Å². The minimum absolute atomic E-state index is 0.0896. The van der Waals surface area contributed by atoms with Gasteiger partial charge in [-0.1, -0.05) is 30.4 Å². The van der Waals surface area contributed by atoms with Crippen molar-refractivity contribution in [2.45, 2.75) is 5.92 Å². The van der Waals surface area contributed by atoms with E-state index in [4.69, 9.17) is 9.84 Å². The third kappa shape index (κ3) is 3.16. The monoisotopic (exact) mass is 289 g/mol. The van der Waals surface area contributed by atoms with E-state index < -0.39 is 11.9 Å². The van der Waals surface area contributed by atoms with Gasteiger partial charge < -0.3 is 9.84 Å². The Morgan fingerprint density at radius 3 is 2.90 bits per heavy atom. The highest BCUT2D eigenvalue weighted by Crippen LogP contribution is 2.24. The Bertz CT molecular complexity index is 607. The lowest BCUT2D eigenvalue weighted by atomic mass is 9.94. The van der Waals surface area contributed by atoms with E-state index in [1.165, 1.54) is 6.08 Å². The molecule has 1 aromatic heterocycles. The molecular formula is C14H11NO4S. The molecule has 1 N–H and O–H groups in total. The zero-order chi connectivity index (χ0) is 14.5. The molecule has 0 spiro atoms. The Balaban J connectivity index is 2.08. The maximum atomic E-state index is 12.2. The Morgan fingerprint density at radius 1 is 1.45 bits per heavy atom. The second kappa shape index (κ2) is 6.21. The lowest BCUT2D eigenvalue weighted by Gasteiger charge is -2.17. The van der Waals surface area contributed by atoms with Crippen molar-refractivity contribution in [3.63, 3.8) is 0 Å². The molecular weight excluding hydrogens is 278 g/mol. The van der Waals surface area contributed by atoms with Crippen molar-refractivity contribution in [2.75, 3.05) is 6.61 Å². The van der Waals surface area contributed by atoms with Crippen LogP contribution in [0.2, 0.25) is 0 Å². The van der Waals surface area contributed by atoms with E-state index in [0.717, 1.165) is 0 Å². The number of ketones is 1. The number of carbonyl (C=O) groups is 2. The van der Waals surface area contributed by atoms with Crippen molar-refractivity contribution >= 4 is 28.8 Å². The summed E-state index contributed by atoms with van der Waals surface area (Å²) in [4.78, 5) is 26.7. The van der Waals surface area contributed by atoms with Gasteiger partial charge in [0.2, 0.25) is 5.78 Å². The normalized spacial score (nSPS) is 17.5. The van der Waals surface area contributed by atoms with Crippen LogP contribution in [0.1, 0.15) is 11.6 Å². The molecule has 1 aliphatic carbocycles. The zero-order valence-electron chi connectivity index (χ0n) is 10.4. The molecule has 1 heterocycles. The number of aliphatic carboxylic acids is 1. The topological polar surface area (TPSA) is 76.5 Å². The highest BCUT2D eigenvalue weighted by Gasteiger charge is 2.26. The van der Waals surface area contributed by atoms with E-state index in [0.29, 0.717) is 5.69 Å². The fraction of sp³-hybridized carbons (Fsp3) is 0.143. The van der Waals surface area contributed by atoms with E-state index >= 15 is 0 Å². The van der Waals surface area contributed by atoms with Crippen molar-refractivity contribution < 1.29 is 19.4 Å². The molecule has 2 rings (SSSR count). The molecule has 0 saturated carbocycles. The molecule has 0 saturated heterocycles.